The van der Waals surface area contributed by atoms with Crippen LogP contribution < -0.4 is 5.32 Å². The van der Waals surface area contributed by atoms with Crippen LogP contribution in [0.4, 0.5) is 5.69 Å². The van der Waals surface area contributed by atoms with E-state index in [1.807, 2.05) is 38.1 Å². The third kappa shape index (κ3) is 4.87. The predicted molar refractivity (Wildman–Crippen MR) is 112 cm³/mol. The molecule has 0 bridgehead atoms. The molecule has 1 amide bonds. The molecule has 2 aromatic rings. The number of rotatable bonds is 4. The van der Waals surface area contributed by atoms with Gasteiger partial charge >= 0.3 is 0 Å². The number of halogens is 1. The quantitative estimate of drug-likeness (QED) is 0.654. The Morgan fingerprint density at radius 2 is 1.59 bits per heavy atom. The van der Waals surface area contributed by atoms with Crippen LogP contribution in [0.5, 0.6) is 0 Å². The molecule has 144 valence electrons. The van der Waals surface area contributed by atoms with Gasteiger partial charge in [-0.2, -0.15) is 4.31 Å². The number of benzene rings is 2. The van der Waals surface area contributed by atoms with Crippen molar-refractivity contribution in [2.24, 2.45) is 0 Å². The summed E-state index contributed by atoms with van der Waals surface area (Å²) in [6.07, 6.45) is -0.301. The monoisotopic (exact) mass is 500 g/mol. The van der Waals surface area contributed by atoms with Crippen molar-refractivity contribution in [1.29, 1.82) is 0 Å². The molecule has 0 radical (unpaired) electrons. The molecule has 0 saturated carbocycles. The van der Waals surface area contributed by atoms with E-state index in [0.29, 0.717) is 24.3 Å². The molecule has 27 heavy (non-hydrogen) atoms. The Morgan fingerprint density at radius 3 is 2.15 bits per heavy atom. The first-order chi connectivity index (χ1) is 12.8. The van der Waals surface area contributed by atoms with Gasteiger partial charge in [0.05, 0.1) is 17.1 Å². The van der Waals surface area contributed by atoms with E-state index in [1.54, 1.807) is 0 Å². The number of morpholine rings is 1. The molecule has 1 saturated heterocycles. The second-order valence-electron chi connectivity index (χ2n) is 6.56. The highest BCUT2D eigenvalue weighted by Crippen LogP contribution is 2.22. The topological polar surface area (TPSA) is 75.7 Å². The minimum absolute atomic E-state index is 0.150. The number of hydrogen-bond acceptors (Lipinski definition) is 4. The molecule has 8 heteroatoms. The zero-order valence-corrected chi connectivity index (χ0v) is 18.0. The third-order valence-electron chi connectivity index (χ3n) is 4.24. The summed E-state index contributed by atoms with van der Waals surface area (Å²) >= 11 is 2.19. The Bertz CT molecular complexity index is 904. The van der Waals surface area contributed by atoms with Crippen molar-refractivity contribution in [3.8, 4) is 0 Å². The highest BCUT2D eigenvalue weighted by Gasteiger charge is 2.32. The molecule has 1 N–H and O–H groups in total. The number of anilines is 1. The summed E-state index contributed by atoms with van der Waals surface area (Å²) in [6.45, 7) is 4.36. The van der Waals surface area contributed by atoms with E-state index in [2.05, 4.69) is 27.9 Å². The van der Waals surface area contributed by atoms with Gasteiger partial charge in [0.2, 0.25) is 10.0 Å². The molecule has 1 heterocycles. The smallest absolute Gasteiger partial charge is 0.255 e. The van der Waals surface area contributed by atoms with E-state index >= 15 is 0 Å². The summed E-state index contributed by atoms with van der Waals surface area (Å²) in [7, 11) is -3.61. The van der Waals surface area contributed by atoms with Crippen molar-refractivity contribution in [3.05, 3.63) is 57.7 Å². The van der Waals surface area contributed by atoms with E-state index < -0.39 is 10.0 Å². The number of hydrogen-bond donors (Lipinski definition) is 1. The van der Waals surface area contributed by atoms with Crippen molar-refractivity contribution in [3.63, 3.8) is 0 Å². The van der Waals surface area contributed by atoms with Gasteiger partial charge in [0.15, 0.2) is 0 Å². The molecule has 0 aromatic heterocycles. The lowest BCUT2D eigenvalue weighted by atomic mass is 10.2. The summed E-state index contributed by atoms with van der Waals surface area (Å²) in [4.78, 5) is 12.5. The Kier molecular flexibility index (Phi) is 6.19. The molecule has 0 aliphatic carbocycles. The van der Waals surface area contributed by atoms with Crippen molar-refractivity contribution < 1.29 is 17.9 Å². The number of carbonyl (C=O) groups is 1. The van der Waals surface area contributed by atoms with Crippen LogP contribution in [0.3, 0.4) is 0 Å². The second kappa shape index (κ2) is 8.26. The Hall–Kier alpha value is -1.49. The van der Waals surface area contributed by atoms with Crippen LogP contribution in [0.2, 0.25) is 0 Å². The zero-order chi connectivity index (χ0) is 19.6. The molecule has 1 aliphatic heterocycles. The van der Waals surface area contributed by atoms with E-state index in [1.165, 1.54) is 28.6 Å². The highest BCUT2D eigenvalue weighted by atomic mass is 127. The standard InChI is InChI=1S/C19H21IN2O4S/c1-13-11-22(12-14(2)26-13)27(24,25)18-9-3-15(4-10-18)19(23)21-17-7-5-16(20)6-8-17/h3-10,13-14H,11-12H2,1-2H3,(H,21,23). The molecule has 1 aliphatic rings. The van der Waals surface area contributed by atoms with Crippen LogP contribution in [-0.2, 0) is 14.8 Å². The Labute approximate surface area is 173 Å². The van der Waals surface area contributed by atoms with E-state index in [9.17, 15) is 13.2 Å². The summed E-state index contributed by atoms with van der Waals surface area (Å²) < 4.78 is 33.8. The van der Waals surface area contributed by atoms with Crippen LogP contribution >= 0.6 is 22.6 Å². The number of ether oxygens (including phenoxy) is 1. The molecule has 2 atom stereocenters. The Morgan fingerprint density at radius 1 is 1.04 bits per heavy atom. The van der Waals surface area contributed by atoms with Crippen molar-refractivity contribution in [2.45, 2.75) is 31.0 Å². The first-order valence-corrected chi connectivity index (χ1v) is 11.1. The SMILES string of the molecule is CC1CN(S(=O)(=O)c2ccc(C(=O)Nc3ccc(I)cc3)cc2)CC(C)O1. The van der Waals surface area contributed by atoms with Crippen molar-refractivity contribution >= 4 is 44.2 Å². The maximum Gasteiger partial charge on any atom is 0.255 e. The first kappa shape index (κ1) is 20.2. The van der Waals surface area contributed by atoms with E-state index in [0.717, 1.165) is 3.57 Å². The van der Waals surface area contributed by atoms with Gasteiger partial charge in [-0.25, -0.2) is 8.42 Å². The number of nitrogens with zero attached hydrogens (tertiary/aromatic N) is 1. The average Bonchev–Trinajstić information content (AvgIpc) is 2.63. The normalized spacial score (nSPS) is 21.0. The van der Waals surface area contributed by atoms with Crippen LogP contribution in [0, 0.1) is 3.57 Å². The van der Waals surface area contributed by atoms with Gasteiger partial charge < -0.3 is 10.1 Å². The molecule has 2 unspecified atom stereocenters. The fourth-order valence-corrected chi connectivity index (χ4v) is 4.94. The number of nitrogens with one attached hydrogen (secondary N) is 1. The van der Waals surface area contributed by atoms with Gasteiger partial charge in [-0.3, -0.25) is 4.79 Å². The fourth-order valence-electron chi connectivity index (χ4n) is 2.99. The van der Waals surface area contributed by atoms with Crippen LogP contribution in [0.1, 0.15) is 24.2 Å². The van der Waals surface area contributed by atoms with Gasteiger partial charge in [0, 0.05) is 27.9 Å². The number of sulfonamides is 1. The summed E-state index contributed by atoms with van der Waals surface area (Å²) in [5.74, 6) is -0.284. The lowest BCUT2D eigenvalue weighted by Crippen LogP contribution is -2.48. The van der Waals surface area contributed by atoms with Crippen molar-refractivity contribution in [2.75, 3.05) is 18.4 Å². The van der Waals surface area contributed by atoms with Gasteiger partial charge in [0.1, 0.15) is 0 Å². The molecular formula is C19H21IN2O4S. The van der Waals surface area contributed by atoms with Crippen molar-refractivity contribution in [1.82, 2.24) is 4.31 Å². The fraction of sp³-hybridized carbons (Fsp3) is 0.316. The molecule has 3 rings (SSSR count). The largest absolute Gasteiger partial charge is 0.373 e. The van der Waals surface area contributed by atoms with Crippen LogP contribution in [0.15, 0.2) is 53.4 Å². The maximum atomic E-state index is 12.9. The van der Waals surface area contributed by atoms with Gasteiger partial charge in [-0.15, -0.1) is 0 Å². The molecule has 1 fully saturated rings. The van der Waals surface area contributed by atoms with Gasteiger partial charge in [-0.05, 0) is 85.0 Å². The number of amides is 1. The first-order valence-electron chi connectivity index (χ1n) is 8.58. The van der Waals surface area contributed by atoms with E-state index in [-0.39, 0.29) is 23.0 Å². The highest BCUT2D eigenvalue weighted by molar-refractivity contribution is 14.1. The summed E-state index contributed by atoms with van der Waals surface area (Å²) in [5, 5.41) is 2.80. The molecule has 6 nitrogen and oxygen atoms in total. The number of carbonyl (C=O) groups excluding carboxylic acids is 1. The molecule has 2 aromatic carbocycles. The lowest BCUT2D eigenvalue weighted by Gasteiger charge is -2.34. The average molecular weight is 500 g/mol. The van der Waals surface area contributed by atoms with Crippen LogP contribution in [-0.4, -0.2) is 43.9 Å². The zero-order valence-electron chi connectivity index (χ0n) is 15.1. The second-order valence-corrected chi connectivity index (χ2v) is 9.75. The molecule has 0 spiro atoms. The summed E-state index contributed by atoms with van der Waals surface area (Å²) in [6, 6.07) is 13.4. The van der Waals surface area contributed by atoms with Gasteiger partial charge in [-0.1, -0.05) is 0 Å². The third-order valence-corrected chi connectivity index (χ3v) is 6.81. The molecular weight excluding hydrogens is 479 g/mol. The lowest BCUT2D eigenvalue weighted by molar-refractivity contribution is -0.0440. The van der Waals surface area contributed by atoms with Gasteiger partial charge in [0.25, 0.3) is 5.91 Å². The van der Waals surface area contributed by atoms with Crippen LogP contribution in [0.25, 0.3) is 0 Å². The minimum atomic E-state index is -3.61. The maximum absolute atomic E-state index is 12.9. The summed E-state index contributed by atoms with van der Waals surface area (Å²) in [5.41, 5.74) is 1.09. The minimum Gasteiger partial charge on any atom is -0.373 e. The van der Waals surface area contributed by atoms with E-state index in [4.69, 9.17) is 4.74 Å². The predicted octanol–water partition coefficient (Wildman–Crippen LogP) is 3.34. The Balaban J connectivity index is 1.74.